The fourth-order valence-electron chi connectivity index (χ4n) is 2.48. The maximum Gasteiger partial charge on any atom is 0.325 e. The molecule has 0 fully saturated rings. The minimum absolute atomic E-state index is 0.371. The Bertz CT molecular complexity index is 898. The minimum atomic E-state index is -0.371. The molecule has 0 saturated heterocycles. The number of hydrogen-bond acceptors (Lipinski definition) is 6. The Labute approximate surface area is 147 Å². The van der Waals surface area contributed by atoms with E-state index in [1.165, 1.54) is 11.3 Å². The molecule has 0 saturated carbocycles. The average Bonchev–Trinajstić information content (AvgIpc) is 3.00. The summed E-state index contributed by atoms with van der Waals surface area (Å²) in [4.78, 5) is 16.6. The molecule has 0 atom stereocenters. The van der Waals surface area contributed by atoms with E-state index >= 15 is 0 Å². The second-order valence-electron chi connectivity index (χ2n) is 5.29. The molecule has 1 aliphatic heterocycles. The number of nitrogens with one attached hydrogen (secondary N) is 2. The molecule has 0 aliphatic carbocycles. The fourth-order valence-corrected chi connectivity index (χ4v) is 3.35. The van der Waals surface area contributed by atoms with Crippen LogP contribution >= 0.6 is 11.3 Å². The summed E-state index contributed by atoms with van der Waals surface area (Å²) in [7, 11) is 1.58. The predicted molar refractivity (Wildman–Crippen MR) is 96.2 cm³/mol. The van der Waals surface area contributed by atoms with Gasteiger partial charge in [-0.05, 0) is 12.1 Å². The van der Waals surface area contributed by atoms with Gasteiger partial charge in [0.1, 0.15) is 19.0 Å². The molecule has 1 aromatic heterocycles. The zero-order chi connectivity index (χ0) is 17.2. The fraction of sp³-hybridized carbons (Fsp3) is 0.176. The largest absolute Gasteiger partial charge is 0.497 e. The third-order valence-corrected chi connectivity index (χ3v) is 4.53. The second kappa shape index (κ2) is 6.48. The normalized spacial score (nSPS) is 12.7. The minimum Gasteiger partial charge on any atom is -0.497 e. The summed E-state index contributed by atoms with van der Waals surface area (Å²) in [5.41, 5.74) is 1.39. The van der Waals surface area contributed by atoms with Gasteiger partial charge in [0.2, 0.25) is 0 Å². The molecule has 128 valence electrons. The van der Waals surface area contributed by atoms with E-state index in [4.69, 9.17) is 14.2 Å². The van der Waals surface area contributed by atoms with Gasteiger partial charge in [-0.2, -0.15) is 0 Å². The van der Waals surface area contributed by atoms with Crippen molar-refractivity contribution in [1.82, 2.24) is 4.98 Å². The number of anilines is 2. The first-order valence-electron chi connectivity index (χ1n) is 7.63. The Kier molecular flexibility index (Phi) is 4.02. The van der Waals surface area contributed by atoms with Crippen molar-refractivity contribution in [1.29, 1.82) is 0 Å². The first-order valence-corrected chi connectivity index (χ1v) is 8.45. The van der Waals surface area contributed by atoms with Crippen LogP contribution in [0.4, 0.5) is 15.6 Å². The van der Waals surface area contributed by atoms with Gasteiger partial charge in [0, 0.05) is 23.9 Å². The van der Waals surface area contributed by atoms with Crippen molar-refractivity contribution in [2.24, 2.45) is 0 Å². The number of carbonyl (C=O) groups is 1. The number of urea groups is 1. The van der Waals surface area contributed by atoms with Crippen LogP contribution in [0.25, 0.3) is 10.2 Å². The van der Waals surface area contributed by atoms with Crippen molar-refractivity contribution in [3.8, 4) is 17.2 Å². The lowest BCUT2D eigenvalue weighted by Crippen LogP contribution is -2.19. The Morgan fingerprint density at radius 1 is 1.16 bits per heavy atom. The van der Waals surface area contributed by atoms with Gasteiger partial charge < -0.3 is 19.5 Å². The summed E-state index contributed by atoms with van der Waals surface area (Å²) in [6.07, 6.45) is 0. The topological polar surface area (TPSA) is 81.7 Å². The number of carbonyl (C=O) groups excluding carboxylic acids is 1. The highest BCUT2D eigenvalue weighted by atomic mass is 32.1. The lowest BCUT2D eigenvalue weighted by molar-refractivity contribution is 0.172. The van der Waals surface area contributed by atoms with Crippen LogP contribution in [0.5, 0.6) is 17.2 Å². The Morgan fingerprint density at radius 2 is 1.96 bits per heavy atom. The van der Waals surface area contributed by atoms with E-state index in [0.29, 0.717) is 41.3 Å². The van der Waals surface area contributed by atoms with Crippen LogP contribution in [-0.4, -0.2) is 31.3 Å². The smallest absolute Gasteiger partial charge is 0.325 e. The standard InChI is InChI=1S/C17H15N3O4S/c1-22-11-4-2-3-10(7-11)18-16(21)20-17-19-12-8-13-14(9-15(12)25-17)24-6-5-23-13/h2-4,7-9H,5-6H2,1H3,(H2,18,19,20,21). The summed E-state index contributed by atoms with van der Waals surface area (Å²) in [5.74, 6) is 2.05. The lowest BCUT2D eigenvalue weighted by Gasteiger charge is -2.17. The van der Waals surface area contributed by atoms with E-state index in [-0.39, 0.29) is 6.03 Å². The summed E-state index contributed by atoms with van der Waals surface area (Å²) in [5, 5.41) is 5.99. The molecule has 1 aliphatic rings. The number of aromatic nitrogens is 1. The molecule has 7 nitrogen and oxygen atoms in total. The van der Waals surface area contributed by atoms with E-state index in [2.05, 4.69) is 15.6 Å². The van der Waals surface area contributed by atoms with Crippen LogP contribution < -0.4 is 24.8 Å². The molecule has 3 aromatic rings. The Morgan fingerprint density at radius 3 is 2.76 bits per heavy atom. The van der Waals surface area contributed by atoms with Gasteiger partial charge in [-0.25, -0.2) is 9.78 Å². The van der Waals surface area contributed by atoms with E-state index in [1.807, 2.05) is 18.2 Å². The number of methoxy groups -OCH3 is 1. The zero-order valence-electron chi connectivity index (χ0n) is 13.4. The van der Waals surface area contributed by atoms with Crippen LogP contribution in [0.1, 0.15) is 0 Å². The molecule has 2 aromatic carbocycles. The molecule has 0 radical (unpaired) electrons. The van der Waals surface area contributed by atoms with Crippen molar-refractivity contribution >= 4 is 38.4 Å². The SMILES string of the molecule is COc1cccc(NC(=O)Nc2nc3cc4c(cc3s2)OCCO4)c1. The molecule has 4 rings (SSSR count). The van der Waals surface area contributed by atoms with Crippen molar-refractivity contribution in [3.05, 3.63) is 36.4 Å². The quantitative estimate of drug-likeness (QED) is 0.747. The molecule has 0 bridgehead atoms. The van der Waals surface area contributed by atoms with Crippen LogP contribution in [-0.2, 0) is 0 Å². The van der Waals surface area contributed by atoms with Gasteiger partial charge in [0.05, 0.1) is 17.3 Å². The van der Waals surface area contributed by atoms with Crippen LogP contribution in [0.3, 0.4) is 0 Å². The molecule has 0 spiro atoms. The maximum atomic E-state index is 12.2. The van der Waals surface area contributed by atoms with Crippen LogP contribution in [0.2, 0.25) is 0 Å². The Hall–Kier alpha value is -3.00. The number of benzene rings is 2. The zero-order valence-corrected chi connectivity index (χ0v) is 14.2. The van der Waals surface area contributed by atoms with Gasteiger partial charge in [-0.15, -0.1) is 0 Å². The molecule has 25 heavy (non-hydrogen) atoms. The van der Waals surface area contributed by atoms with E-state index in [9.17, 15) is 4.79 Å². The first kappa shape index (κ1) is 15.5. The van der Waals surface area contributed by atoms with Gasteiger partial charge >= 0.3 is 6.03 Å². The molecule has 0 unspecified atom stereocenters. The summed E-state index contributed by atoms with van der Waals surface area (Å²) < 4.78 is 17.2. The maximum absolute atomic E-state index is 12.2. The highest BCUT2D eigenvalue weighted by Gasteiger charge is 2.16. The van der Waals surface area contributed by atoms with Gasteiger partial charge in [-0.3, -0.25) is 5.32 Å². The van der Waals surface area contributed by atoms with E-state index in [0.717, 1.165) is 10.2 Å². The lowest BCUT2D eigenvalue weighted by atomic mass is 10.3. The second-order valence-corrected chi connectivity index (χ2v) is 6.32. The number of ether oxygens (including phenoxy) is 3. The Balaban J connectivity index is 1.50. The molecule has 8 heteroatoms. The van der Waals surface area contributed by atoms with Gasteiger partial charge in [0.15, 0.2) is 16.6 Å². The van der Waals surface area contributed by atoms with Crippen molar-refractivity contribution in [2.75, 3.05) is 31.0 Å². The van der Waals surface area contributed by atoms with Crippen molar-refractivity contribution in [2.45, 2.75) is 0 Å². The third kappa shape index (κ3) is 3.29. The van der Waals surface area contributed by atoms with Gasteiger partial charge in [-0.1, -0.05) is 17.4 Å². The number of thiazole rings is 1. The number of rotatable bonds is 3. The molecule has 2 N–H and O–H groups in total. The molecular formula is C17H15N3O4S. The van der Waals surface area contributed by atoms with Crippen molar-refractivity contribution < 1.29 is 19.0 Å². The number of fused-ring (bicyclic) bond motifs is 2. The summed E-state index contributed by atoms with van der Waals surface area (Å²) in [6, 6.07) is 10.5. The van der Waals surface area contributed by atoms with Gasteiger partial charge in [0.25, 0.3) is 0 Å². The summed E-state index contributed by atoms with van der Waals surface area (Å²) in [6.45, 7) is 1.06. The van der Waals surface area contributed by atoms with E-state index in [1.54, 1.807) is 25.3 Å². The van der Waals surface area contributed by atoms with E-state index < -0.39 is 0 Å². The third-order valence-electron chi connectivity index (χ3n) is 3.60. The monoisotopic (exact) mass is 357 g/mol. The first-order chi connectivity index (χ1) is 12.2. The molecular weight excluding hydrogens is 342 g/mol. The summed E-state index contributed by atoms with van der Waals surface area (Å²) >= 11 is 1.37. The average molecular weight is 357 g/mol. The number of amides is 2. The van der Waals surface area contributed by atoms with Crippen LogP contribution in [0, 0.1) is 0 Å². The number of hydrogen-bond donors (Lipinski definition) is 2. The molecule has 2 amide bonds. The van der Waals surface area contributed by atoms with Crippen molar-refractivity contribution in [3.63, 3.8) is 0 Å². The highest BCUT2D eigenvalue weighted by Crippen LogP contribution is 2.37. The predicted octanol–water partition coefficient (Wildman–Crippen LogP) is 3.72. The molecule has 2 heterocycles. The van der Waals surface area contributed by atoms with Crippen LogP contribution in [0.15, 0.2) is 36.4 Å². The highest BCUT2D eigenvalue weighted by molar-refractivity contribution is 7.22. The number of nitrogens with zero attached hydrogens (tertiary/aromatic N) is 1.